The van der Waals surface area contributed by atoms with Gasteiger partial charge >= 0.3 is 5.69 Å². The van der Waals surface area contributed by atoms with Crippen LogP contribution in [0.25, 0.3) is 22.2 Å². The molecule has 0 amide bonds. The van der Waals surface area contributed by atoms with E-state index in [1.54, 1.807) is 0 Å². The maximum atomic E-state index is 12.1. The van der Waals surface area contributed by atoms with E-state index in [-0.39, 0.29) is 5.69 Å². The lowest BCUT2D eigenvalue weighted by Gasteiger charge is -2.06. The lowest BCUT2D eigenvalue weighted by molar-refractivity contribution is 0.516. The largest absolute Gasteiger partial charge is 0.326 e. The minimum absolute atomic E-state index is 0.0177. The third-order valence-electron chi connectivity index (χ3n) is 3.81. The van der Waals surface area contributed by atoms with Crippen molar-refractivity contribution in [1.82, 2.24) is 9.55 Å². The molecule has 1 aromatic heterocycles. The Labute approximate surface area is 124 Å². The lowest BCUT2D eigenvalue weighted by Crippen LogP contribution is -2.17. The van der Waals surface area contributed by atoms with Crippen LogP contribution in [0.2, 0.25) is 0 Å². The second-order valence-corrected chi connectivity index (χ2v) is 5.86. The molecule has 0 atom stereocenters. The Bertz CT molecular complexity index is 797. The molecule has 0 unspecified atom stereocenters. The van der Waals surface area contributed by atoms with Gasteiger partial charge in [-0.05, 0) is 35.6 Å². The number of aromatic nitrogens is 2. The number of hydrogen-bond acceptors (Lipinski definition) is 1. The van der Waals surface area contributed by atoms with Crippen LogP contribution >= 0.6 is 0 Å². The summed E-state index contributed by atoms with van der Waals surface area (Å²) >= 11 is 0. The molecule has 21 heavy (non-hydrogen) atoms. The predicted molar refractivity (Wildman–Crippen MR) is 87.4 cm³/mol. The first-order valence-electron chi connectivity index (χ1n) is 7.43. The van der Waals surface area contributed by atoms with Crippen molar-refractivity contribution < 1.29 is 0 Å². The summed E-state index contributed by atoms with van der Waals surface area (Å²) < 4.78 is 1.84. The van der Waals surface area contributed by atoms with Crippen LogP contribution in [0.3, 0.4) is 0 Å². The molecule has 1 N–H and O–H groups in total. The molecule has 1 heterocycles. The molecule has 108 valence electrons. The number of fused-ring (bicyclic) bond motifs is 1. The monoisotopic (exact) mass is 280 g/mol. The van der Waals surface area contributed by atoms with Crippen LogP contribution in [0.4, 0.5) is 0 Å². The summed E-state index contributed by atoms with van der Waals surface area (Å²) in [7, 11) is 0. The average molecular weight is 280 g/mol. The van der Waals surface area contributed by atoms with Gasteiger partial charge in [0, 0.05) is 6.54 Å². The smallest absolute Gasteiger partial charge is 0.306 e. The second-order valence-electron chi connectivity index (χ2n) is 5.86. The van der Waals surface area contributed by atoms with E-state index in [0.717, 1.165) is 35.1 Å². The maximum Gasteiger partial charge on any atom is 0.326 e. The highest BCUT2D eigenvalue weighted by Gasteiger charge is 2.08. The maximum absolute atomic E-state index is 12.1. The molecule has 0 aliphatic heterocycles. The van der Waals surface area contributed by atoms with Gasteiger partial charge in [0.05, 0.1) is 11.0 Å². The first-order chi connectivity index (χ1) is 10.1. The van der Waals surface area contributed by atoms with E-state index in [0.29, 0.717) is 5.92 Å². The third kappa shape index (κ3) is 2.77. The highest BCUT2D eigenvalue weighted by molar-refractivity contribution is 5.82. The summed E-state index contributed by atoms with van der Waals surface area (Å²) in [6.45, 7) is 5.11. The topological polar surface area (TPSA) is 37.8 Å². The van der Waals surface area contributed by atoms with Crippen molar-refractivity contribution in [1.29, 1.82) is 0 Å². The zero-order valence-corrected chi connectivity index (χ0v) is 12.5. The molecule has 0 fully saturated rings. The van der Waals surface area contributed by atoms with Gasteiger partial charge in [-0.25, -0.2) is 4.79 Å². The Hall–Kier alpha value is -2.29. The van der Waals surface area contributed by atoms with Crippen molar-refractivity contribution in [2.24, 2.45) is 5.92 Å². The van der Waals surface area contributed by atoms with Gasteiger partial charge in [-0.2, -0.15) is 0 Å². The molecule has 0 spiro atoms. The van der Waals surface area contributed by atoms with Crippen LogP contribution < -0.4 is 5.69 Å². The molecule has 3 aromatic rings. The van der Waals surface area contributed by atoms with Gasteiger partial charge in [0.15, 0.2) is 0 Å². The lowest BCUT2D eigenvalue weighted by atomic mass is 10.1. The van der Waals surface area contributed by atoms with Crippen molar-refractivity contribution in [3.05, 3.63) is 59.0 Å². The van der Waals surface area contributed by atoms with Crippen LogP contribution in [0.15, 0.2) is 53.3 Å². The summed E-state index contributed by atoms with van der Waals surface area (Å²) in [6, 6.07) is 16.4. The number of benzene rings is 2. The van der Waals surface area contributed by atoms with Gasteiger partial charge < -0.3 is 4.98 Å². The zero-order chi connectivity index (χ0) is 14.8. The minimum Gasteiger partial charge on any atom is -0.306 e. The SMILES string of the molecule is CC(C)CCn1c(=O)[nH]c2cc(-c3ccccc3)ccc21. The zero-order valence-electron chi connectivity index (χ0n) is 12.5. The minimum atomic E-state index is -0.0177. The standard InChI is InChI=1S/C18H20N2O/c1-13(2)10-11-20-17-9-8-15(12-16(17)19-18(20)21)14-6-4-3-5-7-14/h3-9,12-13H,10-11H2,1-2H3,(H,19,21). The first-order valence-corrected chi connectivity index (χ1v) is 7.43. The van der Waals surface area contributed by atoms with E-state index in [4.69, 9.17) is 0 Å². The van der Waals surface area contributed by atoms with Crippen LogP contribution in [-0.2, 0) is 6.54 Å². The third-order valence-corrected chi connectivity index (χ3v) is 3.81. The molecule has 0 radical (unpaired) electrons. The normalized spacial score (nSPS) is 11.4. The van der Waals surface area contributed by atoms with Crippen molar-refractivity contribution >= 4 is 11.0 Å². The Kier molecular flexibility index (Phi) is 3.65. The highest BCUT2D eigenvalue weighted by atomic mass is 16.1. The number of nitrogens with zero attached hydrogens (tertiary/aromatic N) is 1. The highest BCUT2D eigenvalue weighted by Crippen LogP contribution is 2.23. The number of aromatic amines is 1. The summed E-state index contributed by atoms with van der Waals surface area (Å²) in [5.74, 6) is 0.588. The molecule has 3 heteroatoms. The van der Waals surface area contributed by atoms with Crippen LogP contribution in [0.1, 0.15) is 20.3 Å². The number of rotatable bonds is 4. The van der Waals surface area contributed by atoms with Crippen LogP contribution in [0.5, 0.6) is 0 Å². The first kappa shape index (κ1) is 13.7. The number of H-pyrrole nitrogens is 1. The fourth-order valence-corrected chi connectivity index (χ4v) is 2.58. The summed E-state index contributed by atoms with van der Waals surface area (Å²) in [5, 5.41) is 0. The average Bonchev–Trinajstić information content (AvgIpc) is 2.80. The molecule has 3 rings (SSSR count). The fraction of sp³-hybridized carbons (Fsp3) is 0.278. The van der Waals surface area contributed by atoms with Crippen LogP contribution in [-0.4, -0.2) is 9.55 Å². The summed E-state index contributed by atoms with van der Waals surface area (Å²) in [6.07, 6.45) is 1.01. The predicted octanol–water partition coefficient (Wildman–Crippen LogP) is 4.04. The molecule has 0 bridgehead atoms. The van der Waals surface area contributed by atoms with Crippen molar-refractivity contribution in [2.45, 2.75) is 26.8 Å². The van der Waals surface area contributed by atoms with Crippen molar-refractivity contribution in [3.8, 4) is 11.1 Å². The Morgan fingerprint density at radius 3 is 2.52 bits per heavy atom. The summed E-state index contributed by atoms with van der Waals surface area (Å²) in [4.78, 5) is 15.1. The summed E-state index contributed by atoms with van der Waals surface area (Å²) in [5.41, 5.74) is 4.16. The van der Waals surface area contributed by atoms with E-state index in [1.165, 1.54) is 0 Å². The molecule has 0 saturated heterocycles. The molecular weight excluding hydrogens is 260 g/mol. The van der Waals surface area contributed by atoms with Crippen molar-refractivity contribution in [3.63, 3.8) is 0 Å². The van der Waals surface area contributed by atoms with E-state index in [9.17, 15) is 4.79 Å². The van der Waals surface area contributed by atoms with Gasteiger partial charge in [-0.1, -0.05) is 50.2 Å². The van der Waals surface area contributed by atoms with E-state index >= 15 is 0 Å². The molecular formula is C18H20N2O. The number of nitrogens with one attached hydrogen (secondary N) is 1. The molecule has 3 nitrogen and oxygen atoms in total. The van der Waals surface area contributed by atoms with Gasteiger partial charge in [0.25, 0.3) is 0 Å². The Morgan fingerprint density at radius 1 is 1.05 bits per heavy atom. The van der Waals surface area contributed by atoms with Gasteiger partial charge in [0.1, 0.15) is 0 Å². The van der Waals surface area contributed by atoms with Gasteiger partial charge in [-0.3, -0.25) is 4.57 Å². The molecule has 0 saturated carbocycles. The van der Waals surface area contributed by atoms with E-state index < -0.39 is 0 Å². The second kappa shape index (κ2) is 5.60. The molecule has 2 aromatic carbocycles. The van der Waals surface area contributed by atoms with E-state index in [2.05, 4.69) is 43.1 Å². The number of imidazole rings is 1. The fourth-order valence-electron chi connectivity index (χ4n) is 2.58. The quantitative estimate of drug-likeness (QED) is 0.769. The Balaban J connectivity index is 2.02. The molecule has 0 aliphatic carbocycles. The number of aryl methyl sites for hydroxylation is 1. The van der Waals surface area contributed by atoms with Crippen LogP contribution in [0, 0.1) is 5.92 Å². The number of hydrogen-bond donors (Lipinski definition) is 1. The van der Waals surface area contributed by atoms with Crippen molar-refractivity contribution in [2.75, 3.05) is 0 Å². The molecule has 0 aliphatic rings. The Morgan fingerprint density at radius 2 is 1.81 bits per heavy atom. The van der Waals surface area contributed by atoms with E-state index in [1.807, 2.05) is 28.8 Å². The van der Waals surface area contributed by atoms with Gasteiger partial charge in [-0.15, -0.1) is 0 Å². The van der Waals surface area contributed by atoms with Gasteiger partial charge in [0.2, 0.25) is 0 Å².